The van der Waals surface area contributed by atoms with Crippen molar-refractivity contribution in [3.63, 3.8) is 0 Å². The first kappa shape index (κ1) is 18.6. The zero-order valence-corrected chi connectivity index (χ0v) is 16.8. The van der Waals surface area contributed by atoms with E-state index in [9.17, 15) is 4.79 Å². The minimum absolute atomic E-state index is 0.238. The van der Waals surface area contributed by atoms with Gasteiger partial charge in [-0.05, 0) is 64.1 Å². The molecule has 3 aliphatic carbocycles. The molecule has 5 nitrogen and oxygen atoms in total. The van der Waals surface area contributed by atoms with Crippen LogP contribution in [-0.4, -0.2) is 46.9 Å². The van der Waals surface area contributed by atoms with E-state index in [-0.39, 0.29) is 6.10 Å². The second kappa shape index (κ2) is 7.70. The normalized spacial score (nSPS) is 27.0. The second-order valence-electron chi connectivity index (χ2n) is 8.54. The first-order chi connectivity index (χ1) is 13.1. The van der Waals surface area contributed by atoms with Gasteiger partial charge in [0.15, 0.2) is 0 Å². The molecule has 0 bridgehead atoms. The lowest BCUT2D eigenvalue weighted by Crippen LogP contribution is -2.35. The first-order valence-corrected chi connectivity index (χ1v) is 10.5. The van der Waals surface area contributed by atoms with E-state index in [4.69, 9.17) is 4.74 Å². The molecule has 1 fully saturated rings. The Bertz CT molecular complexity index is 748. The molecule has 0 N–H and O–H groups in total. The lowest BCUT2D eigenvalue weighted by atomic mass is 9.90. The Labute approximate surface area is 162 Å². The van der Waals surface area contributed by atoms with Crippen LogP contribution in [0.1, 0.15) is 69.5 Å². The van der Waals surface area contributed by atoms with E-state index in [1.807, 2.05) is 6.92 Å². The number of ketones is 1. The molecule has 0 aliphatic heterocycles. The van der Waals surface area contributed by atoms with Crippen molar-refractivity contribution < 1.29 is 9.53 Å². The highest BCUT2D eigenvalue weighted by atomic mass is 16.5. The first-order valence-electron chi connectivity index (χ1n) is 10.5. The standard InChI is InChI=1S/C22H31N3O2/c1-4-17(26)11-14-5-6-15-12-19-21(20(14)15)22(24-13-23-19)27-18-9-7-16(8-10-18)25(2)3/h13-14,16,18H,4-12H2,1-3H3/t14-,16-,18-/m1/s1. The van der Waals surface area contributed by atoms with Crippen LogP contribution < -0.4 is 4.74 Å². The maximum atomic E-state index is 12.1. The highest BCUT2D eigenvalue weighted by Gasteiger charge is 2.37. The van der Waals surface area contributed by atoms with Gasteiger partial charge in [0.2, 0.25) is 5.88 Å². The van der Waals surface area contributed by atoms with Crippen LogP contribution in [0, 0.1) is 5.92 Å². The molecule has 5 heteroatoms. The molecule has 1 aromatic heterocycles. The summed E-state index contributed by atoms with van der Waals surface area (Å²) in [6.07, 6.45) is 10.7. The molecule has 1 heterocycles. The molecule has 27 heavy (non-hydrogen) atoms. The molecule has 4 rings (SSSR count). The molecule has 0 aromatic carbocycles. The zero-order valence-electron chi connectivity index (χ0n) is 16.8. The molecular weight excluding hydrogens is 338 g/mol. The molecule has 0 radical (unpaired) electrons. The summed E-state index contributed by atoms with van der Waals surface area (Å²) in [5, 5.41) is 0. The van der Waals surface area contributed by atoms with Crippen LogP contribution in [0.4, 0.5) is 0 Å². The number of fused-ring (bicyclic) bond motifs is 2. The van der Waals surface area contributed by atoms with Crippen molar-refractivity contribution in [2.24, 2.45) is 5.92 Å². The molecule has 1 aromatic rings. The van der Waals surface area contributed by atoms with E-state index >= 15 is 0 Å². The number of aromatic nitrogens is 2. The van der Waals surface area contributed by atoms with Crippen molar-refractivity contribution >= 4 is 11.4 Å². The molecule has 146 valence electrons. The number of carbonyl (C=O) groups is 1. The van der Waals surface area contributed by atoms with Gasteiger partial charge in [0.1, 0.15) is 18.2 Å². The molecule has 1 atom stereocenters. The lowest BCUT2D eigenvalue weighted by molar-refractivity contribution is -0.119. The minimum atomic E-state index is 0.238. The summed E-state index contributed by atoms with van der Waals surface area (Å²) in [5.74, 6) is 1.43. The smallest absolute Gasteiger partial charge is 0.224 e. The zero-order chi connectivity index (χ0) is 19.0. The highest BCUT2D eigenvalue weighted by molar-refractivity contribution is 5.86. The minimum Gasteiger partial charge on any atom is -0.474 e. The fraction of sp³-hybridized carbons (Fsp3) is 0.682. The van der Waals surface area contributed by atoms with Gasteiger partial charge in [0, 0.05) is 25.3 Å². The Balaban J connectivity index is 1.52. The van der Waals surface area contributed by atoms with E-state index in [1.165, 1.54) is 24.0 Å². The third-order valence-electron chi connectivity index (χ3n) is 6.65. The van der Waals surface area contributed by atoms with Gasteiger partial charge < -0.3 is 9.64 Å². The fourth-order valence-electron chi connectivity index (χ4n) is 5.04. The van der Waals surface area contributed by atoms with Crippen molar-refractivity contribution in [2.45, 2.75) is 76.9 Å². The predicted molar refractivity (Wildman–Crippen MR) is 106 cm³/mol. The Hall–Kier alpha value is -1.75. The topological polar surface area (TPSA) is 55.3 Å². The number of carbonyl (C=O) groups excluding carboxylic acids is 1. The van der Waals surface area contributed by atoms with Crippen LogP contribution in [0.5, 0.6) is 5.88 Å². The number of ether oxygens (including phenoxy) is 1. The second-order valence-corrected chi connectivity index (χ2v) is 8.54. The van der Waals surface area contributed by atoms with E-state index in [0.29, 0.717) is 30.6 Å². The van der Waals surface area contributed by atoms with Gasteiger partial charge in [-0.1, -0.05) is 12.5 Å². The summed E-state index contributed by atoms with van der Waals surface area (Å²) in [5.41, 5.74) is 5.01. The van der Waals surface area contributed by atoms with Gasteiger partial charge in [-0.2, -0.15) is 0 Å². The maximum Gasteiger partial charge on any atom is 0.224 e. The van der Waals surface area contributed by atoms with Crippen molar-refractivity contribution in [2.75, 3.05) is 14.1 Å². The van der Waals surface area contributed by atoms with Crippen LogP contribution in [0.2, 0.25) is 0 Å². The predicted octanol–water partition coefficient (Wildman–Crippen LogP) is 3.82. The molecule has 0 unspecified atom stereocenters. The summed E-state index contributed by atoms with van der Waals surface area (Å²) in [6, 6.07) is 0.662. The molecule has 3 aliphatic rings. The van der Waals surface area contributed by atoms with Crippen molar-refractivity contribution in [1.29, 1.82) is 0 Å². The number of nitrogens with zero attached hydrogens (tertiary/aromatic N) is 3. The Morgan fingerprint density at radius 3 is 2.67 bits per heavy atom. The van der Waals surface area contributed by atoms with E-state index in [2.05, 4.69) is 29.0 Å². The van der Waals surface area contributed by atoms with Crippen LogP contribution in [0.25, 0.3) is 5.57 Å². The quantitative estimate of drug-likeness (QED) is 0.763. The summed E-state index contributed by atoms with van der Waals surface area (Å²) in [4.78, 5) is 23.5. The molecule has 0 spiro atoms. The van der Waals surface area contributed by atoms with E-state index in [0.717, 1.165) is 49.2 Å². The van der Waals surface area contributed by atoms with Crippen molar-refractivity contribution in [3.05, 3.63) is 23.2 Å². The third kappa shape index (κ3) is 3.66. The lowest BCUT2D eigenvalue weighted by Gasteiger charge is -2.32. The van der Waals surface area contributed by atoms with Crippen molar-refractivity contribution in [1.82, 2.24) is 14.9 Å². The summed E-state index contributed by atoms with van der Waals surface area (Å²) < 4.78 is 6.43. The average Bonchev–Trinajstić information content (AvgIpc) is 3.22. The Morgan fingerprint density at radius 2 is 1.96 bits per heavy atom. The van der Waals surface area contributed by atoms with Crippen LogP contribution in [0.3, 0.4) is 0 Å². The summed E-state index contributed by atoms with van der Waals surface area (Å²) in [6.45, 7) is 1.96. The number of allylic oxidation sites excluding steroid dienone is 2. The number of hydrogen-bond acceptors (Lipinski definition) is 5. The van der Waals surface area contributed by atoms with Gasteiger partial charge in [-0.25, -0.2) is 9.97 Å². The summed E-state index contributed by atoms with van der Waals surface area (Å²) >= 11 is 0. The fourth-order valence-corrected chi connectivity index (χ4v) is 5.04. The number of hydrogen-bond donors (Lipinski definition) is 0. The van der Waals surface area contributed by atoms with Crippen molar-refractivity contribution in [3.8, 4) is 5.88 Å². The van der Waals surface area contributed by atoms with Crippen LogP contribution in [0.15, 0.2) is 11.9 Å². The van der Waals surface area contributed by atoms with Gasteiger partial charge in [-0.3, -0.25) is 4.79 Å². The Kier molecular flexibility index (Phi) is 5.31. The monoisotopic (exact) mass is 369 g/mol. The largest absolute Gasteiger partial charge is 0.474 e. The molecule has 0 saturated heterocycles. The van der Waals surface area contributed by atoms with Gasteiger partial charge >= 0.3 is 0 Å². The van der Waals surface area contributed by atoms with Gasteiger partial charge in [-0.15, -0.1) is 0 Å². The maximum absolute atomic E-state index is 12.1. The number of Topliss-reactive ketones (excluding diaryl/α,β-unsaturated/α-hetero) is 1. The van der Waals surface area contributed by atoms with Gasteiger partial charge in [0.05, 0.1) is 11.3 Å². The molecule has 1 saturated carbocycles. The van der Waals surface area contributed by atoms with Crippen LogP contribution in [-0.2, 0) is 11.2 Å². The number of rotatable bonds is 6. The van der Waals surface area contributed by atoms with Gasteiger partial charge in [0.25, 0.3) is 0 Å². The third-order valence-corrected chi connectivity index (χ3v) is 6.65. The molecule has 0 amide bonds. The van der Waals surface area contributed by atoms with E-state index < -0.39 is 0 Å². The van der Waals surface area contributed by atoms with Crippen LogP contribution >= 0.6 is 0 Å². The molecular formula is C22H31N3O2. The summed E-state index contributed by atoms with van der Waals surface area (Å²) in [7, 11) is 4.32. The van der Waals surface area contributed by atoms with E-state index in [1.54, 1.807) is 6.33 Å². The average molecular weight is 370 g/mol. The SMILES string of the molecule is CCC(=O)C[C@H]1CCC2=C1c1c(ncnc1O[C@H]1CC[C@H](N(C)C)CC1)C2. The Morgan fingerprint density at radius 1 is 1.19 bits per heavy atom. The highest BCUT2D eigenvalue weighted by Crippen LogP contribution is 2.50.